The summed E-state index contributed by atoms with van der Waals surface area (Å²) in [4.78, 5) is 28.4. The standard InChI is InChI=1S/C28H39N3O4/c1-28(2,3)35-27(34)29-15-7-10-22(26(32)33)17-23-25-14-12-21-16-20(19-8-5-4-6-9-19)11-13-24(21)31(25)18-30-23/h11,13,16,18-19,22H,4-10,12,14-15,17H2,1-3H3,(H,29,34)(H,32,33)/t22-/m0/s1. The Morgan fingerprint density at radius 1 is 1.20 bits per heavy atom. The molecular formula is C28H39N3O4. The number of amides is 1. The summed E-state index contributed by atoms with van der Waals surface area (Å²) in [6.07, 6.45) is 11.3. The molecule has 0 spiro atoms. The minimum atomic E-state index is -0.822. The van der Waals surface area contributed by atoms with Gasteiger partial charge in [-0.05, 0) is 82.4 Å². The topological polar surface area (TPSA) is 93.5 Å². The Balaban J connectivity index is 1.38. The van der Waals surface area contributed by atoms with Gasteiger partial charge in [-0.2, -0.15) is 0 Å². The van der Waals surface area contributed by atoms with Crippen LogP contribution in [0.2, 0.25) is 0 Å². The molecule has 1 amide bonds. The van der Waals surface area contributed by atoms with Gasteiger partial charge in [0.05, 0.1) is 17.9 Å². The van der Waals surface area contributed by atoms with Crippen molar-refractivity contribution in [2.45, 2.75) is 96.5 Å². The van der Waals surface area contributed by atoms with Crippen molar-refractivity contribution in [3.63, 3.8) is 0 Å². The number of carboxylic acid groups (broad SMARTS) is 1. The van der Waals surface area contributed by atoms with E-state index in [9.17, 15) is 14.7 Å². The number of nitrogens with zero attached hydrogens (tertiary/aromatic N) is 2. The van der Waals surface area contributed by atoms with Gasteiger partial charge in [-0.25, -0.2) is 9.78 Å². The van der Waals surface area contributed by atoms with Crippen molar-refractivity contribution in [3.8, 4) is 5.69 Å². The monoisotopic (exact) mass is 481 g/mol. The van der Waals surface area contributed by atoms with Crippen LogP contribution in [0.15, 0.2) is 24.5 Å². The molecule has 1 fully saturated rings. The molecule has 0 radical (unpaired) electrons. The van der Waals surface area contributed by atoms with E-state index in [2.05, 4.69) is 33.1 Å². The van der Waals surface area contributed by atoms with Crippen molar-refractivity contribution < 1.29 is 19.4 Å². The summed E-state index contributed by atoms with van der Waals surface area (Å²) in [5.74, 6) is -0.669. The van der Waals surface area contributed by atoms with Crippen molar-refractivity contribution in [3.05, 3.63) is 47.0 Å². The van der Waals surface area contributed by atoms with Gasteiger partial charge in [0.1, 0.15) is 5.60 Å². The SMILES string of the molecule is CC(C)(C)OC(=O)NCCC[C@@H](Cc1ncn2c1CCc1cc(C3CCCCC3)ccc1-2)C(=O)O. The first kappa shape index (κ1) is 25.3. The molecule has 0 bridgehead atoms. The number of aryl methyl sites for hydroxylation is 1. The Hall–Kier alpha value is -2.83. The van der Waals surface area contributed by atoms with E-state index in [1.807, 2.05) is 27.1 Å². The van der Waals surface area contributed by atoms with Crippen LogP contribution in [0.1, 0.15) is 94.1 Å². The normalized spacial score (nSPS) is 16.8. The van der Waals surface area contributed by atoms with Crippen LogP contribution in [0.4, 0.5) is 4.79 Å². The largest absolute Gasteiger partial charge is 0.481 e. The lowest BCUT2D eigenvalue weighted by molar-refractivity contribution is -0.142. The van der Waals surface area contributed by atoms with Gasteiger partial charge >= 0.3 is 12.1 Å². The van der Waals surface area contributed by atoms with Gasteiger partial charge in [-0.3, -0.25) is 4.79 Å². The third kappa shape index (κ3) is 6.44. The highest BCUT2D eigenvalue weighted by Gasteiger charge is 2.26. The number of carbonyl (C=O) groups is 2. The lowest BCUT2D eigenvalue weighted by Crippen LogP contribution is -2.33. The minimum absolute atomic E-state index is 0.386. The van der Waals surface area contributed by atoms with Crippen molar-refractivity contribution in [1.82, 2.24) is 14.9 Å². The predicted molar refractivity (Wildman–Crippen MR) is 135 cm³/mol. The number of fused-ring (bicyclic) bond motifs is 3. The molecule has 1 aromatic carbocycles. The average Bonchev–Trinajstić information content (AvgIpc) is 3.23. The molecule has 4 rings (SSSR count). The number of hydrogen-bond acceptors (Lipinski definition) is 4. The number of aromatic nitrogens is 2. The fraction of sp³-hybridized carbons (Fsp3) is 0.607. The number of ether oxygens (including phenoxy) is 1. The fourth-order valence-electron chi connectivity index (χ4n) is 5.44. The molecule has 1 aliphatic heterocycles. The second-order valence-corrected chi connectivity index (χ2v) is 11.0. The highest BCUT2D eigenvalue weighted by molar-refractivity contribution is 5.70. The predicted octanol–water partition coefficient (Wildman–Crippen LogP) is 5.57. The van der Waals surface area contributed by atoms with E-state index in [1.54, 1.807) is 0 Å². The number of aliphatic carboxylic acids is 1. The molecule has 1 aromatic heterocycles. The van der Waals surface area contributed by atoms with Crippen molar-refractivity contribution in [2.75, 3.05) is 6.54 Å². The summed E-state index contributed by atoms with van der Waals surface area (Å²) in [6, 6.07) is 6.90. The van der Waals surface area contributed by atoms with Crippen LogP contribution in [-0.2, 0) is 28.8 Å². The highest BCUT2D eigenvalue weighted by Crippen LogP contribution is 2.36. The lowest BCUT2D eigenvalue weighted by atomic mass is 9.83. The van der Waals surface area contributed by atoms with Crippen LogP contribution >= 0.6 is 0 Å². The van der Waals surface area contributed by atoms with E-state index in [0.29, 0.717) is 31.7 Å². The third-order valence-electron chi connectivity index (χ3n) is 7.21. The number of benzene rings is 1. The molecule has 0 saturated heterocycles. The fourth-order valence-corrected chi connectivity index (χ4v) is 5.44. The maximum absolute atomic E-state index is 11.9. The zero-order valence-electron chi connectivity index (χ0n) is 21.3. The second kappa shape index (κ2) is 10.8. The zero-order chi connectivity index (χ0) is 25.0. The first-order valence-electron chi connectivity index (χ1n) is 13.1. The summed E-state index contributed by atoms with van der Waals surface area (Å²) in [7, 11) is 0. The van der Waals surface area contributed by atoms with E-state index in [1.165, 1.54) is 48.9 Å². The van der Waals surface area contributed by atoms with Gasteiger partial charge in [-0.15, -0.1) is 0 Å². The summed E-state index contributed by atoms with van der Waals surface area (Å²) in [5.41, 5.74) is 5.47. The smallest absolute Gasteiger partial charge is 0.407 e. The van der Waals surface area contributed by atoms with Crippen molar-refractivity contribution in [2.24, 2.45) is 5.92 Å². The Kier molecular flexibility index (Phi) is 7.82. The Bertz CT molecular complexity index is 1050. The zero-order valence-corrected chi connectivity index (χ0v) is 21.3. The number of carbonyl (C=O) groups excluding carboxylic acids is 1. The maximum atomic E-state index is 11.9. The molecule has 2 aromatic rings. The number of rotatable bonds is 8. The number of imidazole rings is 1. The van der Waals surface area contributed by atoms with Crippen molar-refractivity contribution >= 4 is 12.1 Å². The van der Waals surface area contributed by atoms with Gasteiger partial charge in [0.25, 0.3) is 0 Å². The van der Waals surface area contributed by atoms with Gasteiger partial charge in [0.15, 0.2) is 0 Å². The second-order valence-electron chi connectivity index (χ2n) is 11.0. The number of nitrogens with one attached hydrogen (secondary N) is 1. The number of carboxylic acids is 1. The molecular weight excluding hydrogens is 442 g/mol. The minimum Gasteiger partial charge on any atom is -0.481 e. The average molecular weight is 482 g/mol. The van der Waals surface area contributed by atoms with Crippen LogP contribution in [0.25, 0.3) is 5.69 Å². The van der Waals surface area contributed by atoms with E-state index in [0.717, 1.165) is 24.2 Å². The summed E-state index contributed by atoms with van der Waals surface area (Å²) >= 11 is 0. The van der Waals surface area contributed by atoms with E-state index in [-0.39, 0.29) is 0 Å². The Labute approximate surface area is 208 Å². The highest BCUT2D eigenvalue weighted by atomic mass is 16.6. The van der Waals surface area contributed by atoms with Crippen LogP contribution in [0.5, 0.6) is 0 Å². The number of hydrogen-bond donors (Lipinski definition) is 2. The molecule has 2 N–H and O–H groups in total. The molecule has 1 saturated carbocycles. The van der Waals surface area contributed by atoms with E-state index < -0.39 is 23.6 Å². The molecule has 35 heavy (non-hydrogen) atoms. The van der Waals surface area contributed by atoms with Crippen LogP contribution in [0, 0.1) is 5.92 Å². The summed E-state index contributed by atoms with van der Waals surface area (Å²) < 4.78 is 7.39. The number of alkyl carbamates (subject to hydrolysis) is 1. The van der Waals surface area contributed by atoms with E-state index in [4.69, 9.17) is 4.74 Å². The first-order valence-corrected chi connectivity index (χ1v) is 13.1. The molecule has 0 unspecified atom stereocenters. The molecule has 2 aliphatic rings. The molecule has 7 heteroatoms. The van der Waals surface area contributed by atoms with Crippen LogP contribution in [0.3, 0.4) is 0 Å². The van der Waals surface area contributed by atoms with E-state index >= 15 is 0 Å². The molecule has 2 heterocycles. The van der Waals surface area contributed by atoms with Gasteiger partial charge in [0.2, 0.25) is 0 Å². The van der Waals surface area contributed by atoms with Gasteiger partial charge < -0.3 is 19.7 Å². The molecule has 1 atom stereocenters. The maximum Gasteiger partial charge on any atom is 0.407 e. The lowest BCUT2D eigenvalue weighted by Gasteiger charge is -2.25. The van der Waals surface area contributed by atoms with Gasteiger partial charge in [-0.1, -0.05) is 31.4 Å². The Morgan fingerprint density at radius 3 is 2.69 bits per heavy atom. The molecule has 1 aliphatic carbocycles. The quantitative estimate of drug-likeness (QED) is 0.481. The van der Waals surface area contributed by atoms with Crippen LogP contribution < -0.4 is 5.32 Å². The van der Waals surface area contributed by atoms with Gasteiger partial charge in [0, 0.05) is 24.3 Å². The first-order chi connectivity index (χ1) is 16.7. The van der Waals surface area contributed by atoms with Crippen molar-refractivity contribution in [1.29, 1.82) is 0 Å². The summed E-state index contributed by atoms with van der Waals surface area (Å²) in [6.45, 7) is 5.82. The molecule has 7 nitrogen and oxygen atoms in total. The molecule has 190 valence electrons. The Morgan fingerprint density at radius 2 is 1.97 bits per heavy atom. The summed E-state index contributed by atoms with van der Waals surface area (Å²) in [5, 5.41) is 12.5. The van der Waals surface area contributed by atoms with Crippen LogP contribution in [-0.4, -0.2) is 38.9 Å². The third-order valence-corrected chi connectivity index (χ3v) is 7.21.